The van der Waals surface area contributed by atoms with Gasteiger partial charge in [-0.25, -0.2) is 0 Å². The zero-order valence-corrected chi connectivity index (χ0v) is 10.00. The zero-order valence-electron chi connectivity index (χ0n) is 9.24. The number of halogens is 1. The molecule has 0 bridgehead atoms. The molecule has 1 fully saturated rings. The molecule has 1 aliphatic rings. The van der Waals surface area contributed by atoms with Crippen molar-refractivity contribution in [2.45, 2.75) is 18.4 Å². The Balaban J connectivity index is 2.15. The van der Waals surface area contributed by atoms with Crippen molar-refractivity contribution < 1.29 is 14.2 Å². The topological polar surface area (TPSA) is 27.7 Å². The fourth-order valence-electron chi connectivity index (χ4n) is 1.67. The van der Waals surface area contributed by atoms with E-state index in [0.717, 1.165) is 30.1 Å². The maximum absolute atomic E-state index is 5.86. The fourth-order valence-corrected chi connectivity index (χ4v) is 1.89. The first-order valence-corrected chi connectivity index (χ1v) is 5.84. The van der Waals surface area contributed by atoms with Crippen molar-refractivity contribution in [1.29, 1.82) is 0 Å². The van der Waals surface area contributed by atoms with Crippen LogP contribution in [0.4, 0.5) is 0 Å². The number of rotatable bonds is 4. The average molecular weight is 243 g/mol. The molecule has 3 nitrogen and oxygen atoms in total. The lowest BCUT2D eigenvalue weighted by atomic mass is 10.2. The Morgan fingerprint density at radius 3 is 3.00 bits per heavy atom. The van der Waals surface area contributed by atoms with Gasteiger partial charge in [0, 0.05) is 18.1 Å². The molecule has 0 amide bonds. The molecule has 0 aromatic heterocycles. The van der Waals surface area contributed by atoms with E-state index >= 15 is 0 Å². The standard InChI is InChI=1S/C12H15ClO3/c1-14-10-3-2-9(7-13)12(6-10)16-11-4-5-15-8-11/h2-3,6,11H,4-5,7-8H2,1H3. The summed E-state index contributed by atoms with van der Waals surface area (Å²) in [6, 6.07) is 5.68. The van der Waals surface area contributed by atoms with Crippen LogP contribution in [0.1, 0.15) is 12.0 Å². The lowest BCUT2D eigenvalue weighted by Gasteiger charge is -2.15. The molecular formula is C12H15ClO3. The fraction of sp³-hybridized carbons (Fsp3) is 0.500. The van der Waals surface area contributed by atoms with E-state index in [1.54, 1.807) is 7.11 Å². The van der Waals surface area contributed by atoms with Crippen LogP contribution in [0, 0.1) is 0 Å². The molecule has 4 heteroatoms. The van der Waals surface area contributed by atoms with Crippen molar-refractivity contribution in [3.63, 3.8) is 0 Å². The van der Waals surface area contributed by atoms with Crippen molar-refractivity contribution in [2.24, 2.45) is 0 Å². The van der Waals surface area contributed by atoms with Crippen molar-refractivity contribution in [1.82, 2.24) is 0 Å². The van der Waals surface area contributed by atoms with Crippen LogP contribution < -0.4 is 9.47 Å². The van der Waals surface area contributed by atoms with Gasteiger partial charge in [-0.2, -0.15) is 0 Å². The Hall–Kier alpha value is -0.930. The van der Waals surface area contributed by atoms with Gasteiger partial charge in [0.2, 0.25) is 0 Å². The molecule has 1 atom stereocenters. The van der Waals surface area contributed by atoms with E-state index in [-0.39, 0.29) is 6.10 Å². The molecule has 1 saturated heterocycles. The number of methoxy groups -OCH3 is 1. The number of ether oxygens (including phenoxy) is 3. The zero-order chi connectivity index (χ0) is 11.4. The summed E-state index contributed by atoms with van der Waals surface area (Å²) in [5, 5.41) is 0. The van der Waals surface area contributed by atoms with Crippen molar-refractivity contribution >= 4 is 11.6 Å². The summed E-state index contributed by atoms with van der Waals surface area (Å²) in [7, 11) is 1.64. The predicted molar refractivity (Wildman–Crippen MR) is 62.4 cm³/mol. The van der Waals surface area contributed by atoms with Crippen LogP contribution in [0.25, 0.3) is 0 Å². The van der Waals surface area contributed by atoms with Gasteiger partial charge in [-0.1, -0.05) is 6.07 Å². The van der Waals surface area contributed by atoms with E-state index in [2.05, 4.69) is 0 Å². The van der Waals surface area contributed by atoms with E-state index in [1.807, 2.05) is 18.2 Å². The average Bonchev–Trinajstić information content (AvgIpc) is 2.82. The van der Waals surface area contributed by atoms with Crippen molar-refractivity contribution in [3.8, 4) is 11.5 Å². The quantitative estimate of drug-likeness (QED) is 0.760. The molecule has 88 valence electrons. The van der Waals surface area contributed by atoms with E-state index in [4.69, 9.17) is 25.8 Å². The lowest BCUT2D eigenvalue weighted by molar-refractivity contribution is 0.140. The maximum Gasteiger partial charge on any atom is 0.127 e. The molecule has 1 aromatic rings. The number of benzene rings is 1. The van der Waals surface area contributed by atoms with Crippen LogP contribution in [0.15, 0.2) is 18.2 Å². The van der Waals surface area contributed by atoms with E-state index in [0.29, 0.717) is 12.5 Å². The van der Waals surface area contributed by atoms with Crippen LogP contribution in [0.2, 0.25) is 0 Å². The first-order valence-electron chi connectivity index (χ1n) is 5.30. The first-order chi connectivity index (χ1) is 7.83. The SMILES string of the molecule is COc1ccc(CCl)c(OC2CCOC2)c1. The molecule has 1 aliphatic heterocycles. The summed E-state index contributed by atoms with van der Waals surface area (Å²) in [6.45, 7) is 1.42. The van der Waals surface area contributed by atoms with Gasteiger partial charge in [-0.05, 0) is 6.07 Å². The Labute approximate surface area is 100 Å². The van der Waals surface area contributed by atoms with E-state index < -0.39 is 0 Å². The summed E-state index contributed by atoms with van der Waals surface area (Å²) in [4.78, 5) is 0. The second-order valence-electron chi connectivity index (χ2n) is 3.71. The number of hydrogen-bond donors (Lipinski definition) is 0. The van der Waals surface area contributed by atoms with Gasteiger partial charge in [-0.15, -0.1) is 11.6 Å². The van der Waals surface area contributed by atoms with Gasteiger partial charge in [-0.3, -0.25) is 0 Å². The lowest BCUT2D eigenvalue weighted by Crippen LogP contribution is -2.16. The minimum atomic E-state index is 0.133. The molecular weight excluding hydrogens is 228 g/mol. The van der Waals surface area contributed by atoms with Crippen LogP contribution >= 0.6 is 11.6 Å². The molecule has 1 aromatic carbocycles. The largest absolute Gasteiger partial charge is 0.497 e. The second kappa shape index (κ2) is 5.41. The predicted octanol–water partition coefficient (Wildman–Crippen LogP) is 2.60. The molecule has 16 heavy (non-hydrogen) atoms. The number of hydrogen-bond acceptors (Lipinski definition) is 3. The number of alkyl halides is 1. The summed E-state index contributed by atoms with van der Waals surface area (Å²) >= 11 is 5.86. The molecule has 0 spiro atoms. The summed E-state index contributed by atoms with van der Waals surface area (Å²) < 4.78 is 16.3. The Kier molecular flexibility index (Phi) is 3.91. The van der Waals surface area contributed by atoms with Gasteiger partial charge >= 0.3 is 0 Å². The molecule has 0 aliphatic carbocycles. The smallest absolute Gasteiger partial charge is 0.127 e. The summed E-state index contributed by atoms with van der Waals surface area (Å²) in [5.74, 6) is 2.01. The molecule has 1 heterocycles. The molecule has 2 rings (SSSR count). The van der Waals surface area contributed by atoms with Crippen LogP contribution in [-0.2, 0) is 10.6 Å². The maximum atomic E-state index is 5.86. The van der Waals surface area contributed by atoms with Crippen LogP contribution in [0.3, 0.4) is 0 Å². The Bertz CT molecular complexity index is 348. The Morgan fingerprint density at radius 2 is 2.38 bits per heavy atom. The third-order valence-corrected chi connectivity index (χ3v) is 2.89. The highest BCUT2D eigenvalue weighted by molar-refractivity contribution is 6.17. The summed E-state index contributed by atoms with van der Waals surface area (Å²) in [5.41, 5.74) is 0.981. The highest BCUT2D eigenvalue weighted by Crippen LogP contribution is 2.28. The van der Waals surface area contributed by atoms with E-state index in [9.17, 15) is 0 Å². The van der Waals surface area contributed by atoms with Gasteiger partial charge < -0.3 is 14.2 Å². The van der Waals surface area contributed by atoms with Gasteiger partial charge in [0.15, 0.2) is 0 Å². The third-order valence-electron chi connectivity index (χ3n) is 2.60. The van der Waals surface area contributed by atoms with Crippen LogP contribution in [-0.4, -0.2) is 26.4 Å². The highest BCUT2D eigenvalue weighted by atomic mass is 35.5. The minimum Gasteiger partial charge on any atom is -0.497 e. The highest BCUT2D eigenvalue weighted by Gasteiger charge is 2.18. The first kappa shape index (κ1) is 11.6. The monoisotopic (exact) mass is 242 g/mol. The second-order valence-corrected chi connectivity index (χ2v) is 3.98. The third kappa shape index (κ3) is 2.60. The van der Waals surface area contributed by atoms with Gasteiger partial charge in [0.25, 0.3) is 0 Å². The normalized spacial score (nSPS) is 19.8. The molecule has 0 radical (unpaired) electrons. The molecule has 0 saturated carbocycles. The van der Waals surface area contributed by atoms with Crippen molar-refractivity contribution in [2.75, 3.05) is 20.3 Å². The molecule has 0 N–H and O–H groups in total. The summed E-state index contributed by atoms with van der Waals surface area (Å²) in [6.07, 6.45) is 1.06. The minimum absolute atomic E-state index is 0.133. The van der Waals surface area contributed by atoms with Gasteiger partial charge in [0.05, 0.1) is 26.2 Å². The van der Waals surface area contributed by atoms with Crippen LogP contribution in [0.5, 0.6) is 11.5 Å². The Morgan fingerprint density at radius 1 is 1.50 bits per heavy atom. The van der Waals surface area contributed by atoms with Crippen molar-refractivity contribution in [3.05, 3.63) is 23.8 Å². The van der Waals surface area contributed by atoms with E-state index in [1.165, 1.54) is 0 Å². The molecule has 1 unspecified atom stereocenters. The van der Waals surface area contributed by atoms with Gasteiger partial charge in [0.1, 0.15) is 17.6 Å².